The third-order valence-corrected chi connectivity index (χ3v) is 4.04. The monoisotopic (exact) mass is 245 g/mol. The average molecular weight is 245 g/mol. The van der Waals surface area contributed by atoms with Gasteiger partial charge in [0.1, 0.15) is 0 Å². The molecule has 0 spiro atoms. The van der Waals surface area contributed by atoms with Crippen molar-refractivity contribution in [3.63, 3.8) is 0 Å². The Bertz CT molecular complexity index is 369. The molecule has 0 amide bonds. The van der Waals surface area contributed by atoms with Crippen molar-refractivity contribution in [2.24, 2.45) is 5.92 Å². The van der Waals surface area contributed by atoms with Crippen LogP contribution in [0.1, 0.15) is 58.4 Å². The molecule has 1 aliphatic rings. The first-order valence-corrected chi connectivity index (χ1v) is 7.41. The van der Waals surface area contributed by atoms with Crippen LogP contribution in [-0.4, -0.2) is 6.54 Å². The highest BCUT2D eigenvalue weighted by Crippen LogP contribution is 2.30. The van der Waals surface area contributed by atoms with Gasteiger partial charge in [-0.2, -0.15) is 0 Å². The molecule has 1 nitrogen and oxygen atoms in total. The number of hydrogen-bond acceptors (Lipinski definition) is 1. The summed E-state index contributed by atoms with van der Waals surface area (Å²) in [5, 5.41) is 3.69. The van der Waals surface area contributed by atoms with Crippen molar-refractivity contribution in [3.05, 3.63) is 29.8 Å². The first-order chi connectivity index (χ1) is 8.57. The molecule has 0 atom stereocenters. The molecule has 1 aromatic rings. The fourth-order valence-corrected chi connectivity index (χ4v) is 2.94. The van der Waals surface area contributed by atoms with Crippen molar-refractivity contribution >= 4 is 5.69 Å². The molecular formula is C17H27N. The number of para-hydroxylation sites is 1. The SMILES string of the molecule is CC(C)(C)c1ccccc1NCC1CCCCC1. The van der Waals surface area contributed by atoms with Crippen LogP contribution in [0.4, 0.5) is 5.69 Å². The molecule has 0 heterocycles. The maximum absolute atomic E-state index is 3.69. The zero-order chi connectivity index (χ0) is 13.0. The Morgan fingerprint density at radius 1 is 1.06 bits per heavy atom. The van der Waals surface area contributed by atoms with Crippen LogP contribution in [-0.2, 0) is 5.41 Å². The normalized spacial score (nSPS) is 17.7. The Balaban J connectivity index is 2.00. The minimum atomic E-state index is 0.218. The molecule has 18 heavy (non-hydrogen) atoms. The molecule has 100 valence electrons. The second-order valence-electron chi connectivity index (χ2n) is 6.68. The summed E-state index contributed by atoms with van der Waals surface area (Å²) in [7, 11) is 0. The third kappa shape index (κ3) is 3.51. The molecule has 1 heteroatoms. The Hall–Kier alpha value is -0.980. The summed E-state index contributed by atoms with van der Waals surface area (Å²) in [5.74, 6) is 0.881. The lowest BCUT2D eigenvalue weighted by atomic mass is 9.85. The van der Waals surface area contributed by atoms with Gasteiger partial charge in [0.15, 0.2) is 0 Å². The van der Waals surface area contributed by atoms with Crippen molar-refractivity contribution in [1.29, 1.82) is 0 Å². The summed E-state index contributed by atoms with van der Waals surface area (Å²) in [6.07, 6.45) is 7.10. The standard InChI is InChI=1S/C17H27N/c1-17(2,3)15-11-7-8-12-16(15)18-13-14-9-5-4-6-10-14/h7-8,11-12,14,18H,4-6,9-10,13H2,1-3H3. The molecule has 0 saturated heterocycles. The average Bonchev–Trinajstić information content (AvgIpc) is 2.37. The van der Waals surface area contributed by atoms with Gasteiger partial charge in [-0.25, -0.2) is 0 Å². The van der Waals surface area contributed by atoms with E-state index in [1.807, 2.05) is 0 Å². The Morgan fingerprint density at radius 3 is 2.39 bits per heavy atom. The summed E-state index contributed by atoms with van der Waals surface area (Å²) in [6.45, 7) is 8.00. The Labute approximate surface area is 112 Å². The second kappa shape index (κ2) is 5.77. The van der Waals surface area contributed by atoms with Gasteiger partial charge in [0.05, 0.1) is 0 Å². The van der Waals surface area contributed by atoms with E-state index < -0.39 is 0 Å². The molecule has 1 saturated carbocycles. The molecule has 1 aromatic carbocycles. The fourth-order valence-electron chi connectivity index (χ4n) is 2.94. The van der Waals surface area contributed by atoms with Crippen molar-refractivity contribution < 1.29 is 0 Å². The fraction of sp³-hybridized carbons (Fsp3) is 0.647. The van der Waals surface area contributed by atoms with Crippen LogP contribution in [0.3, 0.4) is 0 Å². The van der Waals surface area contributed by atoms with Crippen LogP contribution < -0.4 is 5.32 Å². The highest BCUT2D eigenvalue weighted by atomic mass is 14.9. The van der Waals surface area contributed by atoms with Crippen molar-refractivity contribution in [1.82, 2.24) is 0 Å². The van der Waals surface area contributed by atoms with E-state index >= 15 is 0 Å². The molecule has 1 aliphatic carbocycles. The first-order valence-electron chi connectivity index (χ1n) is 7.41. The van der Waals surface area contributed by atoms with E-state index in [1.54, 1.807) is 0 Å². The molecule has 0 aliphatic heterocycles. The quantitative estimate of drug-likeness (QED) is 0.792. The van der Waals surface area contributed by atoms with Gasteiger partial charge in [0, 0.05) is 12.2 Å². The molecule has 1 fully saturated rings. The predicted octanol–water partition coefficient (Wildman–Crippen LogP) is 4.98. The van der Waals surface area contributed by atoms with E-state index in [0.29, 0.717) is 0 Å². The number of rotatable bonds is 3. The summed E-state index contributed by atoms with van der Waals surface area (Å²) in [4.78, 5) is 0. The molecule has 1 N–H and O–H groups in total. The van der Waals surface area contributed by atoms with Gasteiger partial charge in [-0.3, -0.25) is 0 Å². The van der Waals surface area contributed by atoms with E-state index in [0.717, 1.165) is 12.5 Å². The van der Waals surface area contributed by atoms with Crippen LogP contribution in [0.25, 0.3) is 0 Å². The Kier molecular flexibility index (Phi) is 4.31. The molecule has 0 bridgehead atoms. The Morgan fingerprint density at radius 2 is 1.72 bits per heavy atom. The molecule has 0 unspecified atom stereocenters. The van der Waals surface area contributed by atoms with Crippen LogP contribution in [0.5, 0.6) is 0 Å². The van der Waals surface area contributed by atoms with Crippen molar-refractivity contribution in [2.45, 2.75) is 58.3 Å². The van der Waals surface area contributed by atoms with Gasteiger partial charge in [-0.05, 0) is 35.8 Å². The largest absolute Gasteiger partial charge is 0.385 e. The highest BCUT2D eigenvalue weighted by molar-refractivity contribution is 5.54. The lowest BCUT2D eigenvalue weighted by Gasteiger charge is -2.26. The lowest BCUT2D eigenvalue weighted by Crippen LogP contribution is -2.20. The number of hydrogen-bond donors (Lipinski definition) is 1. The predicted molar refractivity (Wildman–Crippen MR) is 80.2 cm³/mol. The minimum absolute atomic E-state index is 0.218. The van der Waals surface area contributed by atoms with E-state index in [4.69, 9.17) is 0 Å². The molecule has 2 rings (SSSR count). The summed E-state index contributed by atoms with van der Waals surface area (Å²) in [6, 6.07) is 8.76. The summed E-state index contributed by atoms with van der Waals surface area (Å²) in [5.41, 5.74) is 2.98. The zero-order valence-electron chi connectivity index (χ0n) is 12.1. The van der Waals surface area contributed by atoms with Gasteiger partial charge in [0.2, 0.25) is 0 Å². The summed E-state index contributed by atoms with van der Waals surface area (Å²) >= 11 is 0. The zero-order valence-corrected chi connectivity index (χ0v) is 12.1. The smallest absolute Gasteiger partial charge is 0.0378 e. The second-order valence-corrected chi connectivity index (χ2v) is 6.68. The number of anilines is 1. The number of benzene rings is 1. The topological polar surface area (TPSA) is 12.0 Å². The lowest BCUT2D eigenvalue weighted by molar-refractivity contribution is 0.373. The molecule has 0 aromatic heterocycles. The number of nitrogens with one attached hydrogen (secondary N) is 1. The van der Waals surface area contributed by atoms with Gasteiger partial charge in [0.25, 0.3) is 0 Å². The van der Waals surface area contributed by atoms with E-state index in [2.05, 4.69) is 50.4 Å². The van der Waals surface area contributed by atoms with Crippen LogP contribution in [0.2, 0.25) is 0 Å². The van der Waals surface area contributed by atoms with E-state index in [-0.39, 0.29) is 5.41 Å². The molecular weight excluding hydrogens is 218 g/mol. The van der Waals surface area contributed by atoms with Crippen molar-refractivity contribution in [3.8, 4) is 0 Å². The van der Waals surface area contributed by atoms with Crippen molar-refractivity contribution in [2.75, 3.05) is 11.9 Å². The van der Waals surface area contributed by atoms with Gasteiger partial charge >= 0.3 is 0 Å². The van der Waals surface area contributed by atoms with Crippen LogP contribution in [0, 0.1) is 5.92 Å². The maximum Gasteiger partial charge on any atom is 0.0378 e. The van der Waals surface area contributed by atoms with E-state index in [1.165, 1.54) is 43.4 Å². The maximum atomic E-state index is 3.69. The first kappa shape index (κ1) is 13.5. The summed E-state index contributed by atoms with van der Waals surface area (Å²) < 4.78 is 0. The van der Waals surface area contributed by atoms with Gasteiger partial charge < -0.3 is 5.32 Å². The van der Waals surface area contributed by atoms with E-state index in [9.17, 15) is 0 Å². The van der Waals surface area contributed by atoms with Gasteiger partial charge in [-0.15, -0.1) is 0 Å². The third-order valence-electron chi connectivity index (χ3n) is 4.04. The highest BCUT2D eigenvalue weighted by Gasteiger charge is 2.18. The van der Waals surface area contributed by atoms with Crippen LogP contribution in [0.15, 0.2) is 24.3 Å². The van der Waals surface area contributed by atoms with Gasteiger partial charge in [-0.1, -0.05) is 58.2 Å². The van der Waals surface area contributed by atoms with Crippen LogP contribution >= 0.6 is 0 Å². The minimum Gasteiger partial charge on any atom is -0.385 e. The molecule has 0 radical (unpaired) electrons.